The molecular weight excluding hydrogens is 266 g/mol. The van der Waals surface area contributed by atoms with E-state index in [9.17, 15) is 4.79 Å². The molecule has 1 aliphatic rings. The number of rotatable bonds is 3. The number of nitrogens with zero attached hydrogens (tertiary/aromatic N) is 3. The molecule has 3 rings (SSSR count). The lowest BCUT2D eigenvalue weighted by atomic mass is 10.0. The van der Waals surface area contributed by atoms with E-state index < -0.39 is 0 Å². The minimum atomic E-state index is -0.0647. The lowest BCUT2D eigenvalue weighted by Gasteiger charge is -2.29. The number of pyridine rings is 1. The number of amides is 1. The zero-order chi connectivity index (χ0) is 14.7. The van der Waals surface area contributed by atoms with Gasteiger partial charge in [0, 0.05) is 30.2 Å². The van der Waals surface area contributed by atoms with Crippen LogP contribution >= 0.6 is 0 Å². The maximum atomic E-state index is 12.4. The minimum absolute atomic E-state index is 0.0647. The highest BCUT2D eigenvalue weighted by atomic mass is 16.1. The summed E-state index contributed by atoms with van der Waals surface area (Å²) in [4.78, 5) is 18.7. The zero-order valence-electron chi connectivity index (χ0n) is 12.0. The van der Waals surface area contributed by atoms with Gasteiger partial charge < -0.3 is 10.2 Å². The normalized spacial score (nSPS) is 16.8. The Morgan fingerprint density at radius 1 is 1.33 bits per heavy atom. The Kier molecular flexibility index (Phi) is 3.96. The van der Waals surface area contributed by atoms with Crippen LogP contribution in [0.2, 0.25) is 0 Å². The lowest BCUT2D eigenvalue weighted by molar-refractivity contribution is 0.0917. The molecule has 6 heteroatoms. The Balaban J connectivity index is 1.73. The molecule has 0 spiro atoms. The smallest absolute Gasteiger partial charge is 0.255 e. The van der Waals surface area contributed by atoms with Gasteiger partial charge in [-0.05, 0) is 45.1 Å². The molecule has 1 fully saturated rings. The highest BCUT2D eigenvalue weighted by molar-refractivity contribution is 5.99. The molecule has 0 aliphatic carbocycles. The van der Waals surface area contributed by atoms with E-state index in [1.165, 1.54) is 0 Å². The third-order valence-electron chi connectivity index (χ3n) is 3.89. The quantitative estimate of drug-likeness (QED) is 0.891. The third kappa shape index (κ3) is 3.11. The second kappa shape index (κ2) is 6.05. The van der Waals surface area contributed by atoms with E-state index in [0.29, 0.717) is 11.3 Å². The predicted molar refractivity (Wildman–Crippen MR) is 79.8 cm³/mol. The molecule has 0 radical (unpaired) electrons. The third-order valence-corrected chi connectivity index (χ3v) is 3.89. The molecule has 110 valence electrons. The number of piperidine rings is 1. The van der Waals surface area contributed by atoms with Crippen LogP contribution in [0.1, 0.15) is 23.2 Å². The number of H-pyrrole nitrogens is 1. The number of carbonyl (C=O) groups excluding carboxylic acids is 1. The van der Waals surface area contributed by atoms with Crippen LogP contribution in [0.4, 0.5) is 0 Å². The van der Waals surface area contributed by atoms with Crippen LogP contribution in [0, 0.1) is 0 Å². The Hall–Kier alpha value is -2.21. The molecule has 3 heterocycles. The van der Waals surface area contributed by atoms with Crippen LogP contribution in [0.5, 0.6) is 0 Å². The molecule has 1 saturated heterocycles. The van der Waals surface area contributed by atoms with Gasteiger partial charge in [0.2, 0.25) is 0 Å². The number of carbonyl (C=O) groups is 1. The van der Waals surface area contributed by atoms with E-state index >= 15 is 0 Å². The molecule has 1 aliphatic heterocycles. The summed E-state index contributed by atoms with van der Waals surface area (Å²) in [6, 6.07) is 3.94. The summed E-state index contributed by atoms with van der Waals surface area (Å²) in [7, 11) is 2.11. The first-order chi connectivity index (χ1) is 10.2. The van der Waals surface area contributed by atoms with Crippen LogP contribution in [0.3, 0.4) is 0 Å². The summed E-state index contributed by atoms with van der Waals surface area (Å²) in [6.07, 6.45) is 7.03. The number of aromatic nitrogens is 3. The monoisotopic (exact) mass is 285 g/mol. The van der Waals surface area contributed by atoms with Crippen LogP contribution in [-0.4, -0.2) is 52.2 Å². The van der Waals surface area contributed by atoms with E-state index in [-0.39, 0.29) is 11.9 Å². The van der Waals surface area contributed by atoms with Gasteiger partial charge >= 0.3 is 0 Å². The standard InChI is InChI=1S/C15H19N5O/c1-20-8-4-12(5-9-20)18-15(21)13-10-17-19-14(13)11-2-6-16-7-3-11/h2-3,6-7,10,12H,4-5,8-9H2,1H3,(H,17,19)(H,18,21). The van der Waals surface area contributed by atoms with Crippen molar-refractivity contribution >= 4 is 5.91 Å². The van der Waals surface area contributed by atoms with Gasteiger partial charge in [-0.15, -0.1) is 0 Å². The molecule has 0 atom stereocenters. The van der Waals surface area contributed by atoms with Crippen molar-refractivity contribution in [3.63, 3.8) is 0 Å². The fourth-order valence-corrected chi connectivity index (χ4v) is 2.61. The summed E-state index contributed by atoms with van der Waals surface area (Å²) >= 11 is 0. The Bertz CT molecular complexity index is 602. The summed E-state index contributed by atoms with van der Waals surface area (Å²) in [6.45, 7) is 2.04. The van der Waals surface area contributed by atoms with Crippen molar-refractivity contribution in [1.29, 1.82) is 0 Å². The lowest BCUT2D eigenvalue weighted by Crippen LogP contribution is -2.43. The van der Waals surface area contributed by atoms with E-state index in [0.717, 1.165) is 31.5 Å². The van der Waals surface area contributed by atoms with Crippen LogP contribution in [0.25, 0.3) is 11.3 Å². The summed E-state index contributed by atoms with van der Waals surface area (Å²) < 4.78 is 0. The zero-order valence-corrected chi connectivity index (χ0v) is 12.0. The highest BCUT2D eigenvalue weighted by Crippen LogP contribution is 2.20. The number of aromatic amines is 1. The van der Waals surface area contributed by atoms with E-state index in [1.54, 1.807) is 18.6 Å². The highest BCUT2D eigenvalue weighted by Gasteiger charge is 2.21. The largest absolute Gasteiger partial charge is 0.349 e. The molecule has 0 aromatic carbocycles. The molecule has 2 aromatic heterocycles. The molecule has 21 heavy (non-hydrogen) atoms. The number of hydrogen-bond acceptors (Lipinski definition) is 4. The van der Waals surface area contributed by atoms with E-state index in [4.69, 9.17) is 0 Å². The Labute approximate surface area is 123 Å². The van der Waals surface area contributed by atoms with Gasteiger partial charge in [-0.1, -0.05) is 0 Å². The predicted octanol–water partition coefficient (Wildman–Crippen LogP) is 1.30. The molecule has 2 N–H and O–H groups in total. The second-order valence-electron chi connectivity index (χ2n) is 5.43. The van der Waals surface area contributed by atoms with Gasteiger partial charge in [-0.3, -0.25) is 14.9 Å². The first-order valence-corrected chi connectivity index (χ1v) is 7.17. The molecule has 0 saturated carbocycles. The van der Waals surface area contributed by atoms with Crippen molar-refractivity contribution in [2.45, 2.75) is 18.9 Å². The average Bonchev–Trinajstić information content (AvgIpc) is 3.00. The topological polar surface area (TPSA) is 73.9 Å². The average molecular weight is 285 g/mol. The fraction of sp³-hybridized carbons (Fsp3) is 0.400. The summed E-state index contributed by atoms with van der Waals surface area (Å²) in [5.74, 6) is -0.0647. The summed E-state index contributed by atoms with van der Waals surface area (Å²) in [5.41, 5.74) is 2.14. The van der Waals surface area contributed by atoms with Crippen molar-refractivity contribution in [1.82, 2.24) is 25.4 Å². The minimum Gasteiger partial charge on any atom is -0.349 e. The second-order valence-corrected chi connectivity index (χ2v) is 5.43. The van der Waals surface area contributed by atoms with Gasteiger partial charge in [0.15, 0.2) is 0 Å². The molecule has 2 aromatic rings. The molecule has 6 nitrogen and oxygen atoms in total. The fourth-order valence-electron chi connectivity index (χ4n) is 2.61. The van der Waals surface area contributed by atoms with Gasteiger partial charge in [0.25, 0.3) is 5.91 Å². The van der Waals surface area contributed by atoms with Crippen molar-refractivity contribution in [3.8, 4) is 11.3 Å². The van der Waals surface area contributed by atoms with Crippen molar-refractivity contribution in [2.75, 3.05) is 20.1 Å². The Morgan fingerprint density at radius 3 is 2.76 bits per heavy atom. The van der Waals surface area contributed by atoms with Gasteiger partial charge in [0.05, 0.1) is 5.56 Å². The van der Waals surface area contributed by atoms with E-state index in [2.05, 4.69) is 32.4 Å². The molecule has 1 amide bonds. The van der Waals surface area contributed by atoms with Crippen molar-refractivity contribution in [3.05, 3.63) is 36.3 Å². The maximum absolute atomic E-state index is 12.4. The first-order valence-electron chi connectivity index (χ1n) is 7.17. The van der Waals surface area contributed by atoms with Gasteiger partial charge in [-0.25, -0.2) is 0 Å². The van der Waals surface area contributed by atoms with Crippen LogP contribution in [-0.2, 0) is 0 Å². The van der Waals surface area contributed by atoms with Crippen LogP contribution < -0.4 is 5.32 Å². The molecular formula is C15H19N5O. The Morgan fingerprint density at radius 2 is 2.05 bits per heavy atom. The van der Waals surface area contributed by atoms with Gasteiger partial charge in [0.1, 0.15) is 5.69 Å². The van der Waals surface area contributed by atoms with Crippen molar-refractivity contribution < 1.29 is 4.79 Å². The van der Waals surface area contributed by atoms with Crippen molar-refractivity contribution in [2.24, 2.45) is 0 Å². The number of hydrogen-bond donors (Lipinski definition) is 2. The number of nitrogens with one attached hydrogen (secondary N) is 2. The first kappa shape index (κ1) is 13.8. The van der Waals surface area contributed by atoms with Gasteiger partial charge in [-0.2, -0.15) is 5.10 Å². The van der Waals surface area contributed by atoms with Crippen LogP contribution in [0.15, 0.2) is 30.7 Å². The van der Waals surface area contributed by atoms with E-state index in [1.807, 2.05) is 12.1 Å². The maximum Gasteiger partial charge on any atom is 0.255 e. The molecule has 0 unspecified atom stereocenters. The SMILES string of the molecule is CN1CCC(NC(=O)c2c[nH]nc2-c2ccncc2)CC1. The summed E-state index contributed by atoms with van der Waals surface area (Å²) in [5, 5.41) is 10.1. The molecule has 0 bridgehead atoms. The number of likely N-dealkylation sites (tertiary alicyclic amines) is 1.